The number of nitro groups is 1. The SMILES string of the molecule is O=C(O)c1ccccc1NS(=O)(=O)c1ccc(NNC(=S)NCc2ccco2)c([N+](=O)[O-])c1. The second-order valence-electron chi connectivity index (χ2n) is 6.40. The number of rotatable bonds is 9. The van der Waals surface area contributed by atoms with E-state index in [-0.39, 0.29) is 28.6 Å². The van der Waals surface area contributed by atoms with Crippen molar-refractivity contribution in [3.8, 4) is 0 Å². The lowest BCUT2D eigenvalue weighted by Crippen LogP contribution is -2.38. The Morgan fingerprint density at radius 3 is 2.55 bits per heavy atom. The van der Waals surface area contributed by atoms with Gasteiger partial charge in [0.2, 0.25) is 0 Å². The number of hydrogen-bond donors (Lipinski definition) is 5. The molecule has 2 aromatic carbocycles. The summed E-state index contributed by atoms with van der Waals surface area (Å²) in [6.07, 6.45) is 1.50. The van der Waals surface area contributed by atoms with Crippen LogP contribution in [0.25, 0.3) is 0 Å². The van der Waals surface area contributed by atoms with Gasteiger partial charge in [0.1, 0.15) is 11.4 Å². The standard InChI is InChI=1S/C19H17N5O7S2/c25-18(26)14-5-1-2-6-15(14)23-33(29,30)13-7-8-16(17(10-13)24(27)28)21-22-19(32)20-11-12-4-3-9-31-12/h1-10,21,23H,11H2,(H,25,26)(H2,20,22,32). The van der Waals surface area contributed by atoms with Gasteiger partial charge in [0.25, 0.3) is 15.7 Å². The van der Waals surface area contributed by atoms with Gasteiger partial charge in [-0.3, -0.25) is 25.7 Å². The van der Waals surface area contributed by atoms with E-state index in [1.165, 1.54) is 36.6 Å². The van der Waals surface area contributed by atoms with Crippen molar-refractivity contribution in [2.45, 2.75) is 11.4 Å². The van der Waals surface area contributed by atoms with Gasteiger partial charge in [-0.2, -0.15) is 0 Å². The van der Waals surface area contributed by atoms with Gasteiger partial charge in [-0.15, -0.1) is 0 Å². The van der Waals surface area contributed by atoms with E-state index in [0.29, 0.717) is 5.76 Å². The van der Waals surface area contributed by atoms with Crippen molar-refractivity contribution in [1.29, 1.82) is 0 Å². The lowest BCUT2D eigenvalue weighted by Gasteiger charge is -2.14. The highest BCUT2D eigenvalue weighted by Crippen LogP contribution is 2.28. The van der Waals surface area contributed by atoms with Crippen molar-refractivity contribution in [3.63, 3.8) is 0 Å². The summed E-state index contributed by atoms with van der Waals surface area (Å²) in [4.78, 5) is 21.6. The average Bonchev–Trinajstić information content (AvgIpc) is 3.29. The number of carboxylic acid groups (broad SMARTS) is 1. The summed E-state index contributed by atoms with van der Waals surface area (Å²) >= 11 is 5.08. The van der Waals surface area contributed by atoms with E-state index in [2.05, 4.69) is 20.9 Å². The number of nitrogens with one attached hydrogen (secondary N) is 4. The predicted molar refractivity (Wildman–Crippen MR) is 122 cm³/mol. The zero-order chi connectivity index (χ0) is 24.0. The molecule has 0 aliphatic carbocycles. The van der Waals surface area contributed by atoms with Gasteiger partial charge in [0.05, 0.1) is 33.9 Å². The number of aromatic carboxylic acids is 1. The predicted octanol–water partition coefficient (Wildman–Crippen LogP) is 2.68. The van der Waals surface area contributed by atoms with Crippen LogP contribution in [0.15, 0.2) is 70.2 Å². The number of benzene rings is 2. The van der Waals surface area contributed by atoms with Crippen molar-refractivity contribution in [3.05, 3.63) is 82.3 Å². The molecule has 0 aliphatic heterocycles. The maximum Gasteiger partial charge on any atom is 0.337 e. The molecule has 0 aliphatic rings. The Kier molecular flexibility index (Phi) is 7.10. The Morgan fingerprint density at radius 2 is 1.88 bits per heavy atom. The molecule has 0 unspecified atom stereocenters. The average molecular weight is 492 g/mol. The number of hydrazine groups is 1. The number of nitro benzene ring substituents is 1. The largest absolute Gasteiger partial charge is 0.478 e. The zero-order valence-electron chi connectivity index (χ0n) is 16.6. The van der Waals surface area contributed by atoms with Gasteiger partial charge in [-0.1, -0.05) is 12.1 Å². The topological polar surface area (TPSA) is 176 Å². The molecule has 5 N–H and O–H groups in total. The first-order valence-corrected chi connectivity index (χ1v) is 11.0. The molecule has 0 fully saturated rings. The highest BCUT2D eigenvalue weighted by molar-refractivity contribution is 7.92. The highest BCUT2D eigenvalue weighted by Gasteiger charge is 2.23. The Bertz CT molecular complexity index is 1290. The van der Waals surface area contributed by atoms with Crippen molar-refractivity contribution in [1.82, 2.24) is 10.7 Å². The van der Waals surface area contributed by atoms with Crippen molar-refractivity contribution in [2.24, 2.45) is 0 Å². The number of carbonyl (C=O) groups is 1. The summed E-state index contributed by atoms with van der Waals surface area (Å²) in [6, 6.07) is 12.0. The number of furan rings is 1. The molecule has 0 spiro atoms. The molecular formula is C19H17N5O7S2. The van der Waals surface area contributed by atoms with Crippen LogP contribution >= 0.6 is 12.2 Å². The van der Waals surface area contributed by atoms with Crippen LogP contribution in [0.3, 0.4) is 0 Å². The summed E-state index contributed by atoms with van der Waals surface area (Å²) in [6.45, 7) is 0.281. The number of thiocarbonyl (C=S) groups is 1. The fourth-order valence-electron chi connectivity index (χ4n) is 2.65. The monoisotopic (exact) mass is 491 g/mol. The number of nitrogens with zero attached hydrogens (tertiary/aromatic N) is 1. The summed E-state index contributed by atoms with van der Waals surface area (Å²) in [5.74, 6) is -0.710. The van der Waals surface area contributed by atoms with Crippen LogP contribution in [0.4, 0.5) is 17.1 Å². The van der Waals surface area contributed by atoms with Crippen LogP contribution in [-0.4, -0.2) is 29.5 Å². The minimum absolute atomic E-state index is 0.0490. The van der Waals surface area contributed by atoms with Gasteiger partial charge >= 0.3 is 5.97 Å². The second-order valence-corrected chi connectivity index (χ2v) is 8.49. The van der Waals surface area contributed by atoms with Crippen molar-refractivity contribution >= 4 is 50.4 Å². The summed E-state index contributed by atoms with van der Waals surface area (Å²) < 4.78 is 32.7. The first kappa shape index (κ1) is 23.5. The smallest absolute Gasteiger partial charge is 0.337 e. The van der Waals surface area contributed by atoms with E-state index < -0.39 is 31.5 Å². The van der Waals surface area contributed by atoms with Crippen LogP contribution in [-0.2, 0) is 16.6 Å². The zero-order valence-corrected chi connectivity index (χ0v) is 18.3. The molecule has 0 saturated carbocycles. The lowest BCUT2D eigenvalue weighted by molar-refractivity contribution is -0.384. The molecule has 12 nitrogen and oxygen atoms in total. The third kappa shape index (κ3) is 5.96. The molecular weight excluding hydrogens is 474 g/mol. The Labute approximate surface area is 192 Å². The molecule has 33 heavy (non-hydrogen) atoms. The maximum atomic E-state index is 12.7. The van der Waals surface area contributed by atoms with Gasteiger partial charge < -0.3 is 14.8 Å². The normalized spacial score (nSPS) is 10.8. The summed E-state index contributed by atoms with van der Waals surface area (Å²) in [5, 5.41) is 23.7. The van der Waals surface area contributed by atoms with E-state index in [1.807, 2.05) is 0 Å². The van der Waals surface area contributed by atoms with E-state index in [1.54, 1.807) is 12.1 Å². The van der Waals surface area contributed by atoms with Crippen LogP contribution in [0.1, 0.15) is 16.1 Å². The van der Waals surface area contributed by atoms with Crippen molar-refractivity contribution in [2.75, 3.05) is 10.1 Å². The van der Waals surface area contributed by atoms with E-state index in [9.17, 15) is 28.4 Å². The molecule has 3 rings (SSSR count). The van der Waals surface area contributed by atoms with Gasteiger partial charge in [0.15, 0.2) is 5.11 Å². The molecule has 0 saturated heterocycles. The first-order valence-electron chi connectivity index (χ1n) is 9.13. The van der Waals surface area contributed by atoms with Crippen LogP contribution in [0.5, 0.6) is 0 Å². The van der Waals surface area contributed by atoms with Gasteiger partial charge in [-0.05, 0) is 48.6 Å². The molecule has 0 amide bonds. The van der Waals surface area contributed by atoms with Crippen molar-refractivity contribution < 1.29 is 27.7 Å². The number of hydrogen-bond acceptors (Lipinski definition) is 8. The minimum atomic E-state index is -4.32. The lowest BCUT2D eigenvalue weighted by atomic mass is 10.2. The minimum Gasteiger partial charge on any atom is -0.478 e. The van der Waals surface area contributed by atoms with E-state index in [4.69, 9.17) is 16.6 Å². The molecule has 1 heterocycles. The van der Waals surface area contributed by atoms with E-state index >= 15 is 0 Å². The second kappa shape index (κ2) is 9.97. The van der Waals surface area contributed by atoms with Gasteiger partial charge in [-0.25, -0.2) is 13.2 Å². The molecule has 3 aromatic rings. The number of sulfonamides is 1. The van der Waals surface area contributed by atoms with Gasteiger partial charge in [0, 0.05) is 6.07 Å². The Morgan fingerprint density at radius 1 is 1.12 bits per heavy atom. The molecule has 0 radical (unpaired) electrons. The summed E-state index contributed by atoms with van der Waals surface area (Å²) in [5.41, 5.74) is 4.08. The maximum absolute atomic E-state index is 12.7. The third-order valence-corrected chi connectivity index (χ3v) is 5.80. The van der Waals surface area contributed by atoms with Crippen LogP contribution in [0, 0.1) is 10.1 Å². The molecule has 1 aromatic heterocycles. The number of carboxylic acids is 1. The van der Waals surface area contributed by atoms with Crippen LogP contribution < -0.4 is 20.9 Å². The fourth-order valence-corrected chi connectivity index (χ4v) is 3.87. The quantitative estimate of drug-likeness (QED) is 0.169. The third-order valence-electron chi connectivity index (χ3n) is 4.19. The van der Waals surface area contributed by atoms with E-state index in [0.717, 1.165) is 12.1 Å². The Hall–Kier alpha value is -4.17. The summed E-state index contributed by atoms with van der Waals surface area (Å²) in [7, 11) is -4.32. The Balaban J connectivity index is 1.75. The highest BCUT2D eigenvalue weighted by atomic mass is 32.2. The molecule has 172 valence electrons. The molecule has 0 atom stereocenters. The number of anilines is 2. The molecule has 0 bridgehead atoms. The fraction of sp³-hybridized carbons (Fsp3) is 0.0526. The first-order chi connectivity index (χ1) is 15.7. The number of para-hydroxylation sites is 1. The van der Waals surface area contributed by atoms with Crippen LogP contribution in [0.2, 0.25) is 0 Å². The molecule has 14 heteroatoms.